The van der Waals surface area contributed by atoms with Crippen LogP contribution in [0.25, 0.3) is 0 Å². The fraction of sp³-hybridized carbons (Fsp3) is 0.462. The molecule has 1 aliphatic rings. The average Bonchev–Trinajstić information content (AvgIpc) is 2.19. The van der Waals surface area contributed by atoms with E-state index in [0.717, 1.165) is 5.56 Å². The van der Waals surface area contributed by atoms with Gasteiger partial charge in [-0.15, -0.1) is 0 Å². The van der Waals surface area contributed by atoms with E-state index in [2.05, 4.69) is 6.07 Å². The number of nitriles is 1. The number of halogens is 1. The summed E-state index contributed by atoms with van der Waals surface area (Å²) in [5.74, 6) is -0.256. The van der Waals surface area contributed by atoms with Gasteiger partial charge in [0.15, 0.2) is 0 Å². The molecule has 3 heteroatoms. The first-order valence-corrected chi connectivity index (χ1v) is 5.27. The number of ether oxygens (including phenoxy) is 1. The third-order valence-corrected chi connectivity index (χ3v) is 3.57. The van der Waals surface area contributed by atoms with Crippen molar-refractivity contribution in [2.75, 3.05) is 13.2 Å². The van der Waals surface area contributed by atoms with Gasteiger partial charge in [0.05, 0.1) is 30.1 Å². The summed E-state index contributed by atoms with van der Waals surface area (Å²) in [5, 5.41) is 9.23. The van der Waals surface area contributed by atoms with Gasteiger partial charge in [0, 0.05) is 0 Å². The Bertz CT molecular complexity index is 426. The largest absolute Gasteiger partial charge is 0.379 e. The molecule has 84 valence electrons. The zero-order chi connectivity index (χ0) is 11.8. The molecule has 0 spiro atoms. The van der Waals surface area contributed by atoms with Crippen LogP contribution in [0.15, 0.2) is 24.3 Å². The average molecular weight is 219 g/mol. The molecule has 0 amide bonds. The Balaban J connectivity index is 2.44. The number of benzene rings is 1. The molecule has 1 heterocycles. The maximum Gasteiger partial charge on any atom is 0.123 e. The van der Waals surface area contributed by atoms with Crippen LogP contribution in [0.3, 0.4) is 0 Å². The van der Waals surface area contributed by atoms with E-state index >= 15 is 0 Å². The van der Waals surface area contributed by atoms with E-state index < -0.39 is 5.41 Å². The fourth-order valence-electron chi connectivity index (χ4n) is 2.07. The standard InChI is InChI=1S/C13H14FNO/c1-12(2,7-15)13(8-16-9-13)10-3-5-11(14)6-4-10/h3-6H,8-9H2,1-2H3. The number of nitrogens with zero attached hydrogens (tertiary/aromatic N) is 1. The molecule has 1 aromatic carbocycles. The predicted molar refractivity (Wildman–Crippen MR) is 58.3 cm³/mol. The van der Waals surface area contributed by atoms with Crippen LogP contribution in [0.5, 0.6) is 0 Å². The van der Waals surface area contributed by atoms with E-state index in [-0.39, 0.29) is 11.2 Å². The molecule has 1 saturated heterocycles. The topological polar surface area (TPSA) is 33.0 Å². The molecule has 0 unspecified atom stereocenters. The third kappa shape index (κ3) is 1.42. The van der Waals surface area contributed by atoms with Crippen molar-refractivity contribution in [1.82, 2.24) is 0 Å². The monoisotopic (exact) mass is 219 g/mol. The number of rotatable bonds is 2. The van der Waals surface area contributed by atoms with Crippen LogP contribution < -0.4 is 0 Å². The molecule has 2 nitrogen and oxygen atoms in total. The quantitative estimate of drug-likeness (QED) is 0.766. The minimum absolute atomic E-state index is 0.256. The smallest absolute Gasteiger partial charge is 0.123 e. The van der Waals surface area contributed by atoms with E-state index in [4.69, 9.17) is 4.74 Å². The van der Waals surface area contributed by atoms with Crippen LogP contribution in [-0.4, -0.2) is 13.2 Å². The molecule has 0 aliphatic carbocycles. The van der Waals surface area contributed by atoms with Gasteiger partial charge in [-0.05, 0) is 31.5 Å². The van der Waals surface area contributed by atoms with E-state index in [1.54, 1.807) is 12.1 Å². The van der Waals surface area contributed by atoms with E-state index in [1.807, 2.05) is 13.8 Å². The van der Waals surface area contributed by atoms with Gasteiger partial charge in [-0.1, -0.05) is 12.1 Å². The highest BCUT2D eigenvalue weighted by Gasteiger charge is 2.52. The van der Waals surface area contributed by atoms with E-state index in [9.17, 15) is 9.65 Å². The number of hydrogen-bond acceptors (Lipinski definition) is 2. The fourth-order valence-corrected chi connectivity index (χ4v) is 2.07. The van der Waals surface area contributed by atoms with E-state index in [1.165, 1.54) is 12.1 Å². The van der Waals surface area contributed by atoms with Gasteiger partial charge in [-0.3, -0.25) is 0 Å². The Hall–Kier alpha value is -1.40. The summed E-state index contributed by atoms with van der Waals surface area (Å²) in [5.41, 5.74) is 0.171. The van der Waals surface area contributed by atoms with E-state index in [0.29, 0.717) is 13.2 Å². The highest BCUT2D eigenvalue weighted by molar-refractivity contribution is 5.34. The molecule has 0 aromatic heterocycles. The van der Waals surface area contributed by atoms with Gasteiger partial charge in [0.1, 0.15) is 5.82 Å². The van der Waals surface area contributed by atoms with Crippen molar-refractivity contribution < 1.29 is 9.13 Å². The molecular weight excluding hydrogens is 205 g/mol. The maximum atomic E-state index is 12.9. The zero-order valence-corrected chi connectivity index (χ0v) is 9.46. The lowest BCUT2D eigenvalue weighted by atomic mass is 9.61. The molecule has 2 rings (SSSR count). The van der Waals surface area contributed by atoms with Crippen LogP contribution in [0.4, 0.5) is 4.39 Å². The second-order valence-corrected chi connectivity index (χ2v) is 4.82. The van der Waals surface area contributed by atoms with Crippen molar-refractivity contribution in [3.05, 3.63) is 35.6 Å². The minimum Gasteiger partial charge on any atom is -0.379 e. The maximum absolute atomic E-state index is 12.9. The molecule has 1 aliphatic heterocycles. The second kappa shape index (κ2) is 3.57. The molecular formula is C13H14FNO. The second-order valence-electron chi connectivity index (χ2n) is 4.82. The summed E-state index contributed by atoms with van der Waals surface area (Å²) < 4.78 is 18.1. The first-order valence-electron chi connectivity index (χ1n) is 5.27. The summed E-state index contributed by atoms with van der Waals surface area (Å²) in [4.78, 5) is 0. The molecule has 0 bridgehead atoms. The van der Waals surface area contributed by atoms with Crippen LogP contribution in [0, 0.1) is 22.6 Å². The molecule has 0 atom stereocenters. The molecule has 0 radical (unpaired) electrons. The van der Waals surface area contributed by atoms with Crippen LogP contribution in [0.2, 0.25) is 0 Å². The van der Waals surface area contributed by atoms with Crippen molar-refractivity contribution in [3.63, 3.8) is 0 Å². The van der Waals surface area contributed by atoms with Crippen molar-refractivity contribution in [2.24, 2.45) is 5.41 Å². The first kappa shape index (κ1) is 11.1. The first-order chi connectivity index (χ1) is 7.52. The lowest BCUT2D eigenvalue weighted by Crippen LogP contribution is -2.56. The van der Waals surface area contributed by atoms with Crippen LogP contribution >= 0.6 is 0 Å². The van der Waals surface area contributed by atoms with Crippen molar-refractivity contribution in [3.8, 4) is 6.07 Å². The molecule has 1 fully saturated rings. The summed E-state index contributed by atoms with van der Waals surface area (Å²) in [6.07, 6.45) is 0. The van der Waals surface area contributed by atoms with Gasteiger partial charge in [0.25, 0.3) is 0 Å². The summed E-state index contributed by atoms with van der Waals surface area (Å²) >= 11 is 0. The lowest BCUT2D eigenvalue weighted by Gasteiger charge is -2.49. The Morgan fingerprint density at radius 2 is 1.88 bits per heavy atom. The van der Waals surface area contributed by atoms with Gasteiger partial charge >= 0.3 is 0 Å². The zero-order valence-electron chi connectivity index (χ0n) is 9.46. The Labute approximate surface area is 94.7 Å². The molecule has 1 aromatic rings. The van der Waals surface area contributed by atoms with Crippen molar-refractivity contribution in [1.29, 1.82) is 5.26 Å². The van der Waals surface area contributed by atoms with Gasteiger partial charge < -0.3 is 4.74 Å². The summed E-state index contributed by atoms with van der Waals surface area (Å²) in [7, 11) is 0. The van der Waals surface area contributed by atoms with Gasteiger partial charge in [-0.2, -0.15) is 5.26 Å². The highest BCUT2D eigenvalue weighted by Crippen LogP contribution is 2.46. The van der Waals surface area contributed by atoms with Gasteiger partial charge in [0.2, 0.25) is 0 Å². The number of hydrogen-bond donors (Lipinski definition) is 0. The Morgan fingerprint density at radius 3 is 2.25 bits per heavy atom. The summed E-state index contributed by atoms with van der Waals surface area (Å²) in [6, 6.07) is 8.68. The molecule has 0 saturated carbocycles. The van der Waals surface area contributed by atoms with Crippen molar-refractivity contribution in [2.45, 2.75) is 19.3 Å². The lowest BCUT2D eigenvalue weighted by molar-refractivity contribution is -0.102. The Morgan fingerprint density at radius 1 is 1.31 bits per heavy atom. The van der Waals surface area contributed by atoms with Gasteiger partial charge in [-0.25, -0.2) is 4.39 Å². The minimum atomic E-state index is -0.511. The third-order valence-electron chi connectivity index (χ3n) is 3.57. The highest BCUT2D eigenvalue weighted by atomic mass is 19.1. The normalized spacial score (nSPS) is 18.6. The Kier molecular flexibility index (Phi) is 2.47. The molecule has 0 N–H and O–H groups in total. The van der Waals surface area contributed by atoms with Crippen LogP contribution in [-0.2, 0) is 10.2 Å². The van der Waals surface area contributed by atoms with Crippen LogP contribution in [0.1, 0.15) is 19.4 Å². The summed E-state index contributed by atoms with van der Waals surface area (Å²) in [6.45, 7) is 4.86. The van der Waals surface area contributed by atoms with Crippen molar-refractivity contribution >= 4 is 0 Å². The predicted octanol–water partition coefficient (Wildman–Crippen LogP) is 2.64. The SMILES string of the molecule is CC(C)(C#N)C1(c2ccc(F)cc2)COC1. The molecule has 16 heavy (non-hydrogen) atoms.